The SMILES string of the molecule is CC(C)(CO)c1cc(NC=O)on1. The average Bonchev–Trinajstić information content (AvgIpc) is 2.54. The number of nitrogens with zero attached hydrogens (tertiary/aromatic N) is 1. The zero-order valence-electron chi connectivity index (χ0n) is 7.57. The fraction of sp³-hybridized carbons (Fsp3) is 0.500. The van der Waals surface area contributed by atoms with Crippen LogP contribution in [0.1, 0.15) is 19.5 Å². The van der Waals surface area contributed by atoms with E-state index in [2.05, 4.69) is 10.5 Å². The highest BCUT2D eigenvalue weighted by molar-refractivity contribution is 5.67. The smallest absolute Gasteiger partial charge is 0.231 e. The van der Waals surface area contributed by atoms with Crippen LogP contribution in [0.3, 0.4) is 0 Å². The molecule has 1 heterocycles. The first-order chi connectivity index (χ1) is 6.10. The number of anilines is 1. The summed E-state index contributed by atoms with van der Waals surface area (Å²) in [5.74, 6) is 0.284. The van der Waals surface area contributed by atoms with Crippen molar-refractivity contribution < 1.29 is 14.4 Å². The fourth-order valence-electron chi connectivity index (χ4n) is 0.801. The quantitative estimate of drug-likeness (QED) is 0.668. The molecule has 0 aromatic carbocycles. The molecule has 0 saturated carbocycles. The first kappa shape index (κ1) is 9.73. The van der Waals surface area contributed by atoms with Crippen molar-refractivity contribution in [2.24, 2.45) is 0 Å². The topological polar surface area (TPSA) is 75.4 Å². The van der Waals surface area contributed by atoms with E-state index >= 15 is 0 Å². The van der Waals surface area contributed by atoms with Crippen LogP contribution < -0.4 is 5.32 Å². The third-order valence-corrected chi connectivity index (χ3v) is 1.80. The van der Waals surface area contributed by atoms with E-state index < -0.39 is 5.41 Å². The van der Waals surface area contributed by atoms with Crippen molar-refractivity contribution in [2.45, 2.75) is 19.3 Å². The highest BCUT2D eigenvalue weighted by Crippen LogP contribution is 2.23. The van der Waals surface area contributed by atoms with E-state index in [0.717, 1.165) is 0 Å². The van der Waals surface area contributed by atoms with Crippen LogP contribution in [0.5, 0.6) is 0 Å². The van der Waals surface area contributed by atoms with Gasteiger partial charge in [0.05, 0.1) is 12.3 Å². The first-order valence-electron chi connectivity index (χ1n) is 3.88. The molecule has 2 N–H and O–H groups in total. The lowest BCUT2D eigenvalue weighted by atomic mass is 9.91. The number of amides is 1. The molecule has 0 spiro atoms. The third-order valence-electron chi connectivity index (χ3n) is 1.80. The molecule has 0 saturated heterocycles. The van der Waals surface area contributed by atoms with Crippen LogP contribution in [0, 0.1) is 0 Å². The molecule has 5 heteroatoms. The second-order valence-electron chi connectivity index (χ2n) is 3.38. The van der Waals surface area contributed by atoms with E-state index in [9.17, 15) is 4.79 Å². The lowest BCUT2D eigenvalue weighted by molar-refractivity contribution is -0.105. The minimum absolute atomic E-state index is 0.0277. The summed E-state index contributed by atoms with van der Waals surface area (Å²) in [6.45, 7) is 3.63. The van der Waals surface area contributed by atoms with Gasteiger partial charge in [-0.25, -0.2) is 0 Å². The largest absolute Gasteiger partial charge is 0.395 e. The Bertz CT molecular complexity index is 293. The van der Waals surface area contributed by atoms with Crippen molar-refractivity contribution in [3.05, 3.63) is 11.8 Å². The van der Waals surface area contributed by atoms with E-state index in [1.54, 1.807) is 6.07 Å². The van der Waals surface area contributed by atoms with E-state index in [1.807, 2.05) is 13.8 Å². The van der Waals surface area contributed by atoms with Gasteiger partial charge in [0.1, 0.15) is 0 Å². The van der Waals surface area contributed by atoms with Crippen molar-refractivity contribution in [1.82, 2.24) is 5.16 Å². The van der Waals surface area contributed by atoms with E-state index in [4.69, 9.17) is 9.63 Å². The van der Waals surface area contributed by atoms with Crippen LogP contribution in [0.2, 0.25) is 0 Å². The number of hydrogen-bond acceptors (Lipinski definition) is 4. The Hall–Kier alpha value is -1.36. The average molecular weight is 184 g/mol. The summed E-state index contributed by atoms with van der Waals surface area (Å²) in [4.78, 5) is 10.1. The Morgan fingerprint density at radius 2 is 2.46 bits per heavy atom. The second kappa shape index (κ2) is 3.57. The van der Waals surface area contributed by atoms with Crippen LogP contribution in [0.25, 0.3) is 0 Å². The minimum atomic E-state index is -0.452. The lowest BCUT2D eigenvalue weighted by Crippen LogP contribution is -2.22. The van der Waals surface area contributed by atoms with Gasteiger partial charge >= 0.3 is 0 Å². The van der Waals surface area contributed by atoms with Crippen LogP contribution >= 0.6 is 0 Å². The maximum absolute atomic E-state index is 10.1. The minimum Gasteiger partial charge on any atom is -0.395 e. The van der Waals surface area contributed by atoms with Gasteiger partial charge in [-0.05, 0) is 0 Å². The van der Waals surface area contributed by atoms with Gasteiger partial charge < -0.3 is 9.63 Å². The number of aliphatic hydroxyl groups excluding tert-OH is 1. The monoisotopic (exact) mass is 184 g/mol. The molecular weight excluding hydrogens is 172 g/mol. The molecule has 0 aliphatic rings. The first-order valence-corrected chi connectivity index (χ1v) is 3.88. The zero-order chi connectivity index (χ0) is 9.90. The Labute approximate surface area is 75.7 Å². The summed E-state index contributed by atoms with van der Waals surface area (Å²) in [7, 11) is 0. The Balaban J connectivity index is 2.84. The molecule has 0 aliphatic carbocycles. The summed E-state index contributed by atoms with van der Waals surface area (Å²) in [5.41, 5.74) is 0.158. The molecular formula is C8H12N2O3. The number of carbonyl (C=O) groups is 1. The van der Waals surface area contributed by atoms with Gasteiger partial charge in [0.2, 0.25) is 12.3 Å². The van der Waals surface area contributed by atoms with Crippen molar-refractivity contribution in [1.29, 1.82) is 0 Å². The standard InChI is InChI=1S/C8H12N2O3/c1-8(2,4-11)6-3-7(9-5-12)13-10-6/h3,5,11H,4H2,1-2H3,(H,9,12). The second-order valence-corrected chi connectivity index (χ2v) is 3.38. The van der Waals surface area contributed by atoms with Crippen LogP contribution in [-0.4, -0.2) is 23.3 Å². The summed E-state index contributed by atoms with van der Waals surface area (Å²) < 4.78 is 4.79. The molecule has 0 unspecified atom stereocenters. The van der Waals surface area contributed by atoms with Crippen LogP contribution in [0.15, 0.2) is 10.6 Å². The molecule has 0 bridgehead atoms. The van der Waals surface area contributed by atoms with Crippen molar-refractivity contribution in [2.75, 3.05) is 11.9 Å². The molecule has 1 rings (SSSR count). The van der Waals surface area contributed by atoms with E-state index in [1.165, 1.54) is 0 Å². The number of aromatic nitrogens is 1. The Morgan fingerprint density at radius 1 is 1.77 bits per heavy atom. The molecule has 1 aromatic heterocycles. The Morgan fingerprint density at radius 3 is 3.00 bits per heavy atom. The highest BCUT2D eigenvalue weighted by Gasteiger charge is 2.23. The van der Waals surface area contributed by atoms with Gasteiger partial charge in [-0.2, -0.15) is 0 Å². The summed E-state index contributed by atoms with van der Waals surface area (Å²) in [6, 6.07) is 1.59. The van der Waals surface area contributed by atoms with Gasteiger partial charge in [0, 0.05) is 11.5 Å². The predicted octanol–water partition coefficient (Wildman–Crippen LogP) is 0.513. The number of aliphatic hydroxyl groups is 1. The summed E-state index contributed by atoms with van der Waals surface area (Å²) in [6.07, 6.45) is 0.510. The number of rotatable bonds is 4. The number of hydrogen-bond donors (Lipinski definition) is 2. The van der Waals surface area contributed by atoms with Crippen LogP contribution in [0.4, 0.5) is 5.88 Å². The summed E-state index contributed by atoms with van der Waals surface area (Å²) >= 11 is 0. The van der Waals surface area contributed by atoms with Gasteiger partial charge in [0.15, 0.2) is 0 Å². The highest BCUT2D eigenvalue weighted by atomic mass is 16.5. The number of carbonyl (C=O) groups excluding carboxylic acids is 1. The zero-order valence-corrected chi connectivity index (χ0v) is 7.57. The molecule has 72 valence electrons. The molecule has 1 aromatic rings. The van der Waals surface area contributed by atoms with Crippen LogP contribution in [-0.2, 0) is 10.2 Å². The van der Waals surface area contributed by atoms with Crippen molar-refractivity contribution >= 4 is 12.3 Å². The predicted molar refractivity (Wildman–Crippen MR) is 46.3 cm³/mol. The molecule has 0 atom stereocenters. The van der Waals surface area contributed by atoms with Crippen molar-refractivity contribution in [3.63, 3.8) is 0 Å². The Kier molecular flexibility index (Phi) is 2.67. The van der Waals surface area contributed by atoms with Gasteiger partial charge in [0.25, 0.3) is 0 Å². The maximum atomic E-state index is 10.1. The molecule has 0 fully saturated rings. The molecule has 1 amide bonds. The maximum Gasteiger partial charge on any atom is 0.231 e. The number of nitrogens with one attached hydrogen (secondary N) is 1. The molecule has 5 nitrogen and oxygen atoms in total. The lowest BCUT2D eigenvalue weighted by Gasteiger charge is -2.16. The van der Waals surface area contributed by atoms with E-state index in [0.29, 0.717) is 12.1 Å². The molecule has 0 aliphatic heterocycles. The molecule has 13 heavy (non-hydrogen) atoms. The summed E-state index contributed by atoms with van der Waals surface area (Å²) in [5, 5.41) is 15.1. The van der Waals surface area contributed by atoms with E-state index in [-0.39, 0.29) is 12.5 Å². The van der Waals surface area contributed by atoms with Gasteiger partial charge in [-0.1, -0.05) is 19.0 Å². The third kappa shape index (κ3) is 2.06. The fourth-order valence-corrected chi connectivity index (χ4v) is 0.801. The molecule has 0 radical (unpaired) electrons. The normalized spacial score (nSPS) is 11.3. The van der Waals surface area contributed by atoms with Gasteiger partial charge in [-0.3, -0.25) is 10.1 Å². The van der Waals surface area contributed by atoms with Crippen molar-refractivity contribution in [3.8, 4) is 0 Å². The van der Waals surface area contributed by atoms with Gasteiger partial charge in [-0.15, -0.1) is 0 Å².